The Labute approximate surface area is 322 Å². The minimum absolute atomic E-state index is 0.0179. The molecule has 12 heteroatoms. The zero-order chi connectivity index (χ0) is 38.7. The van der Waals surface area contributed by atoms with Gasteiger partial charge < -0.3 is 37.9 Å². The molecular weight excluding hydrogens is 678 g/mol. The molecule has 2 heterocycles. The van der Waals surface area contributed by atoms with Gasteiger partial charge in [0, 0.05) is 31.7 Å². The Morgan fingerprint density at radius 1 is 0.679 bits per heavy atom. The van der Waals surface area contributed by atoms with Crippen molar-refractivity contribution in [2.24, 2.45) is 5.11 Å². The van der Waals surface area contributed by atoms with E-state index in [-0.39, 0.29) is 19.3 Å². The fourth-order valence-electron chi connectivity index (χ4n) is 7.06. The fourth-order valence-corrected chi connectivity index (χ4v) is 7.06. The predicted molar refractivity (Wildman–Crippen MR) is 208 cm³/mol. The van der Waals surface area contributed by atoms with Gasteiger partial charge in [-0.15, -0.1) is 0 Å². The van der Waals surface area contributed by atoms with Crippen LogP contribution in [-0.4, -0.2) is 93.7 Å². The van der Waals surface area contributed by atoms with Gasteiger partial charge in [-0.25, -0.2) is 0 Å². The second-order valence-electron chi connectivity index (χ2n) is 15.3. The summed E-state index contributed by atoms with van der Waals surface area (Å²) in [7, 11) is 0. The van der Waals surface area contributed by atoms with Gasteiger partial charge in [-0.3, -0.25) is 4.79 Å². The molecule has 0 spiro atoms. The van der Waals surface area contributed by atoms with E-state index in [4.69, 9.17) is 37.9 Å². The van der Waals surface area contributed by atoms with E-state index in [2.05, 4.69) is 37.7 Å². The lowest BCUT2D eigenvalue weighted by Crippen LogP contribution is -2.62. The maximum atomic E-state index is 11.9. The summed E-state index contributed by atoms with van der Waals surface area (Å²) in [6.45, 7) is 15.3. The van der Waals surface area contributed by atoms with Gasteiger partial charge in [0.25, 0.3) is 0 Å². The third-order valence-electron chi connectivity index (χ3n) is 10.0. The molecule has 2 aliphatic rings. The first kappa shape index (κ1) is 47.7. The third kappa shape index (κ3) is 19.3. The molecule has 2 rings (SSSR count). The smallest absolute Gasteiger partial charge is 0.302 e. The van der Waals surface area contributed by atoms with Crippen molar-refractivity contribution >= 4 is 5.97 Å². The highest BCUT2D eigenvalue weighted by atomic mass is 16.8. The van der Waals surface area contributed by atoms with Crippen molar-refractivity contribution in [2.45, 2.75) is 225 Å². The molecule has 0 aromatic carbocycles. The van der Waals surface area contributed by atoms with Crippen LogP contribution >= 0.6 is 0 Å². The number of hydrogen-bond donors (Lipinski definition) is 0. The molecule has 0 saturated carbocycles. The van der Waals surface area contributed by atoms with Crippen molar-refractivity contribution < 1.29 is 42.7 Å². The van der Waals surface area contributed by atoms with E-state index in [0.717, 1.165) is 57.8 Å². The summed E-state index contributed by atoms with van der Waals surface area (Å²) >= 11 is 0. The Morgan fingerprint density at radius 3 is 1.72 bits per heavy atom. The monoisotopic (exact) mass is 756 g/mol. The Bertz CT molecular complexity index is 982. The minimum Gasteiger partial charge on any atom is -0.463 e. The molecular formula is C41H77N3O9. The predicted octanol–water partition coefficient (Wildman–Crippen LogP) is 10.1. The van der Waals surface area contributed by atoms with E-state index in [9.17, 15) is 10.3 Å². The first-order valence-electron chi connectivity index (χ1n) is 21.4. The van der Waals surface area contributed by atoms with Crippen LogP contribution in [0.1, 0.15) is 170 Å². The van der Waals surface area contributed by atoms with Crippen molar-refractivity contribution in [3.63, 3.8) is 0 Å². The van der Waals surface area contributed by atoms with Gasteiger partial charge in [-0.2, -0.15) is 0 Å². The van der Waals surface area contributed by atoms with E-state index in [1.165, 1.54) is 71.1 Å². The summed E-state index contributed by atoms with van der Waals surface area (Å²) in [5.74, 6) is -1.23. The van der Waals surface area contributed by atoms with Crippen LogP contribution in [0.2, 0.25) is 0 Å². The Hall–Kier alpha value is -1.50. The van der Waals surface area contributed by atoms with E-state index in [0.29, 0.717) is 19.8 Å². The Balaban J connectivity index is 2.13. The third-order valence-corrected chi connectivity index (χ3v) is 10.0. The Morgan fingerprint density at radius 2 is 1.19 bits per heavy atom. The van der Waals surface area contributed by atoms with Crippen LogP contribution in [-0.2, 0) is 42.7 Å². The highest BCUT2D eigenvalue weighted by Gasteiger charge is 2.50. The molecule has 0 aromatic rings. The van der Waals surface area contributed by atoms with Gasteiger partial charge in [0.05, 0.1) is 24.9 Å². The first-order chi connectivity index (χ1) is 25.7. The number of carbonyl (C=O) groups is 1. The highest BCUT2D eigenvalue weighted by Crippen LogP contribution is 2.35. The Kier molecular flexibility index (Phi) is 25.9. The highest BCUT2D eigenvalue weighted by molar-refractivity contribution is 5.65. The normalized spacial score (nSPS) is 26.0. The van der Waals surface area contributed by atoms with Gasteiger partial charge >= 0.3 is 5.97 Å². The first-order valence-corrected chi connectivity index (χ1v) is 21.4. The fraction of sp³-hybridized carbons (Fsp3) is 0.976. The SMILES string of the molecule is CCCCCCCCCCCCCC[C@H]1OC(C)(C)O[C@H]1[C@H](CO[C@H]1OC(COC(C)=O)[C@@H](OCCCC)[C@H](OCCCC)C1OCCCC)N=[N+]=[N-]. The van der Waals surface area contributed by atoms with E-state index in [1.807, 2.05) is 13.8 Å². The summed E-state index contributed by atoms with van der Waals surface area (Å²) in [5.41, 5.74) is 9.66. The van der Waals surface area contributed by atoms with Crippen molar-refractivity contribution in [1.82, 2.24) is 0 Å². The van der Waals surface area contributed by atoms with Crippen molar-refractivity contribution in [1.29, 1.82) is 0 Å². The molecule has 310 valence electrons. The van der Waals surface area contributed by atoms with Crippen LogP contribution in [0.15, 0.2) is 5.11 Å². The van der Waals surface area contributed by atoms with Crippen molar-refractivity contribution in [3.05, 3.63) is 10.4 Å². The number of azide groups is 1. The zero-order valence-corrected chi connectivity index (χ0v) is 34.6. The standard InChI is InChI=1S/C41H77N3O9/c1-8-12-16-17-18-19-20-21-22-23-24-25-26-34-36(53-41(6,7)52-34)33(43-44-42)30-50-40-39(48-29-15-11-4)38(47-28-14-10-3)37(46-27-13-9-2)35(51-40)31-49-32(5)45/h33-40H,8-31H2,1-7H3/t33-,34+,35?,36-,37+,38-,39?,40-/m0/s1. The van der Waals surface area contributed by atoms with Crippen LogP contribution < -0.4 is 0 Å². The molecule has 53 heavy (non-hydrogen) atoms. The minimum atomic E-state index is -0.897. The van der Waals surface area contributed by atoms with E-state index in [1.54, 1.807) is 0 Å². The van der Waals surface area contributed by atoms with Crippen molar-refractivity contribution in [3.8, 4) is 0 Å². The molecule has 12 nitrogen and oxygen atoms in total. The lowest BCUT2D eigenvalue weighted by atomic mass is 9.97. The molecule has 0 aromatic heterocycles. The molecule has 2 saturated heterocycles. The maximum absolute atomic E-state index is 11.9. The van der Waals surface area contributed by atoms with Gasteiger partial charge in [0.2, 0.25) is 0 Å². The molecule has 0 N–H and O–H groups in total. The van der Waals surface area contributed by atoms with E-state index >= 15 is 0 Å². The van der Waals surface area contributed by atoms with Gasteiger partial charge in [-0.1, -0.05) is 129 Å². The quantitative estimate of drug-likeness (QED) is 0.0216. The molecule has 0 aliphatic carbocycles. The van der Waals surface area contributed by atoms with E-state index < -0.39 is 54.6 Å². The number of unbranched alkanes of at least 4 members (excludes halogenated alkanes) is 14. The van der Waals surface area contributed by atoms with Gasteiger partial charge in [0.15, 0.2) is 12.1 Å². The molecule has 0 radical (unpaired) electrons. The van der Waals surface area contributed by atoms with Gasteiger partial charge in [0.1, 0.15) is 31.0 Å². The average molecular weight is 756 g/mol. The number of hydrogen-bond acceptors (Lipinski definition) is 10. The largest absolute Gasteiger partial charge is 0.463 e. The lowest BCUT2D eigenvalue weighted by molar-refractivity contribution is -0.323. The summed E-state index contributed by atoms with van der Waals surface area (Å²) in [6, 6.07) is -0.672. The number of carbonyl (C=O) groups excluding carboxylic acids is 1. The number of ether oxygens (including phenoxy) is 8. The number of nitrogens with zero attached hydrogens (tertiary/aromatic N) is 3. The summed E-state index contributed by atoms with van der Waals surface area (Å²) in [4.78, 5) is 15.1. The van der Waals surface area contributed by atoms with Crippen molar-refractivity contribution in [2.75, 3.05) is 33.0 Å². The molecule has 2 aliphatic heterocycles. The second kappa shape index (κ2) is 28.8. The van der Waals surface area contributed by atoms with Crippen LogP contribution in [0.25, 0.3) is 10.4 Å². The van der Waals surface area contributed by atoms with Crippen LogP contribution in [0.4, 0.5) is 0 Å². The maximum Gasteiger partial charge on any atom is 0.302 e. The second-order valence-corrected chi connectivity index (χ2v) is 15.3. The molecule has 0 bridgehead atoms. The van der Waals surface area contributed by atoms with Gasteiger partial charge in [-0.05, 0) is 45.1 Å². The lowest BCUT2D eigenvalue weighted by Gasteiger charge is -2.46. The van der Waals surface area contributed by atoms with Crippen LogP contribution in [0.5, 0.6) is 0 Å². The molecule has 2 fully saturated rings. The summed E-state index contributed by atoms with van der Waals surface area (Å²) in [5, 5.41) is 4.17. The van der Waals surface area contributed by atoms with Crippen LogP contribution in [0.3, 0.4) is 0 Å². The molecule has 2 unspecified atom stereocenters. The summed E-state index contributed by atoms with van der Waals surface area (Å²) < 4.78 is 50.6. The molecule has 0 amide bonds. The topological polar surface area (TPSA) is 140 Å². The zero-order valence-electron chi connectivity index (χ0n) is 34.6. The number of rotatable bonds is 32. The molecule has 8 atom stereocenters. The van der Waals surface area contributed by atoms with Crippen LogP contribution in [0, 0.1) is 0 Å². The average Bonchev–Trinajstić information content (AvgIpc) is 3.44. The summed E-state index contributed by atoms with van der Waals surface area (Å²) in [6.07, 6.45) is 17.7. The number of esters is 1.